The van der Waals surface area contributed by atoms with Crippen LogP contribution in [0.3, 0.4) is 0 Å². The molecular weight excluding hydrogens is 228 g/mol. The number of thiophene rings is 1. The molecule has 6 heteroatoms. The van der Waals surface area contributed by atoms with E-state index in [1.807, 2.05) is 0 Å². The number of rotatable bonds is 5. The van der Waals surface area contributed by atoms with Crippen molar-refractivity contribution in [2.45, 2.75) is 19.9 Å². The average molecular weight is 242 g/mol. The van der Waals surface area contributed by atoms with Crippen LogP contribution < -0.4 is 10.8 Å². The summed E-state index contributed by atoms with van der Waals surface area (Å²) in [6, 6.07) is 2.86. The Kier molecular flexibility index (Phi) is 4.94. The lowest BCUT2D eigenvalue weighted by atomic mass is 10.3. The number of nitrogens with one attached hydrogen (secondary N) is 2. The molecule has 0 aliphatic carbocycles. The van der Waals surface area contributed by atoms with Crippen molar-refractivity contribution in [3.63, 3.8) is 0 Å². The van der Waals surface area contributed by atoms with Crippen LogP contribution in [0.2, 0.25) is 0 Å². The molecule has 1 heterocycles. The average Bonchev–Trinajstić information content (AvgIpc) is 2.79. The summed E-state index contributed by atoms with van der Waals surface area (Å²) in [5.41, 5.74) is 2.23. The lowest BCUT2D eigenvalue weighted by molar-refractivity contribution is -0.134. The van der Waals surface area contributed by atoms with Gasteiger partial charge in [-0.25, -0.2) is 5.48 Å². The molecular formula is C10H14N2O3S. The third kappa shape index (κ3) is 3.63. The summed E-state index contributed by atoms with van der Waals surface area (Å²) in [6.07, 6.45) is 0. The Hall–Kier alpha value is -1.40. The normalized spacial score (nSPS) is 11.9. The molecule has 1 rings (SSSR count). The van der Waals surface area contributed by atoms with Crippen LogP contribution in [0, 0.1) is 0 Å². The highest BCUT2D eigenvalue weighted by Gasteiger charge is 2.16. The van der Waals surface area contributed by atoms with Crippen LogP contribution in [0.5, 0.6) is 0 Å². The van der Waals surface area contributed by atoms with Gasteiger partial charge in [-0.3, -0.25) is 14.4 Å². The monoisotopic (exact) mass is 242 g/mol. The van der Waals surface area contributed by atoms with Crippen LogP contribution >= 0.6 is 11.3 Å². The van der Waals surface area contributed by atoms with Gasteiger partial charge in [-0.1, -0.05) is 6.07 Å². The standard InChI is InChI=1S/C10H14N2O3S/c1-3-15-12-9(13)7(2)11-10(14)8-5-4-6-16-8/h4-7H,3H2,1-2H3,(H,11,14)(H,12,13). The highest BCUT2D eigenvalue weighted by molar-refractivity contribution is 7.12. The van der Waals surface area contributed by atoms with Crippen LogP contribution in [-0.4, -0.2) is 24.5 Å². The molecule has 0 saturated carbocycles. The van der Waals surface area contributed by atoms with Crippen molar-refractivity contribution in [2.75, 3.05) is 6.61 Å². The fourth-order valence-corrected chi connectivity index (χ4v) is 1.60. The van der Waals surface area contributed by atoms with Gasteiger partial charge in [0.1, 0.15) is 6.04 Å². The van der Waals surface area contributed by atoms with Crippen molar-refractivity contribution in [3.8, 4) is 0 Å². The van der Waals surface area contributed by atoms with E-state index in [1.165, 1.54) is 11.3 Å². The lowest BCUT2D eigenvalue weighted by Gasteiger charge is -2.12. The molecule has 2 N–H and O–H groups in total. The van der Waals surface area contributed by atoms with Crippen molar-refractivity contribution < 1.29 is 14.4 Å². The van der Waals surface area contributed by atoms with Crippen molar-refractivity contribution in [3.05, 3.63) is 22.4 Å². The van der Waals surface area contributed by atoms with Gasteiger partial charge in [0, 0.05) is 0 Å². The zero-order valence-corrected chi connectivity index (χ0v) is 9.97. The second-order valence-electron chi connectivity index (χ2n) is 3.07. The van der Waals surface area contributed by atoms with Crippen molar-refractivity contribution in [1.82, 2.24) is 10.8 Å². The molecule has 0 radical (unpaired) electrons. The largest absolute Gasteiger partial charge is 0.340 e. The molecule has 0 aliphatic heterocycles. The second-order valence-corrected chi connectivity index (χ2v) is 4.02. The van der Waals surface area contributed by atoms with E-state index < -0.39 is 6.04 Å². The number of hydrogen-bond donors (Lipinski definition) is 2. The van der Waals surface area contributed by atoms with E-state index in [2.05, 4.69) is 10.8 Å². The minimum absolute atomic E-state index is 0.255. The summed E-state index contributed by atoms with van der Waals surface area (Å²) >= 11 is 1.33. The van der Waals surface area contributed by atoms with E-state index in [9.17, 15) is 9.59 Å². The van der Waals surface area contributed by atoms with Crippen molar-refractivity contribution in [1.29, 1.82) is 0 Å². The number of carbonyl (C=O) groups is 2. The highest BCUT2D eigenvalue weighted by atomic mass is 32.1. The molecule has 1 atom stereocenters. The molecule has 1 aromatic heterocycles. The Morgan fingerprint density at radius 1 is 1.56 bits per heavy atom. The quantitative estimate of drug-likeness (QED) is 0.755. The van der Waals surface area contributed by atoms with Gasteiger partial charge in [-0.2, -0.15) is 0 Å². The maximum atomic E-state index is 11.6. The predicted octanol–water partition coefficient (Wildman–Crippen LogP) is 0.934. The van der Waals surface area contributed by atoms with Crippen LogP contribution in [-0.2, 0) is 9.63 Å². The number of amides is 2. The Balaban J connectivity index is 2.42. The van der Waals surface area contributed by atoms with Gasteiger partial charge < -0.3 is 5.32 Å². The number of hydroxylamine groups is 1. The molecule has 1 aromatic rings. The van der Waals surface area contributed by atoms with Crippen molar-refractivity contribution >= 4 is 23.2 Å². The Morgan fingerprint density at radius 3 is 2.88 bits per heavy atom. The molecule has 0 spiro atoms. The van der Waals surface area contributed by atoms with Gasteiger partial charge in [0.05, 0.1) is 11.5 Å². The molecule has 88 valence electrons. The van der Waals surface area contributed by atoms with E-state index in [4.69, 9.17) is 4.84 Å². The summed E-state index contributed by atoms with van der Waals surface area (Å²) < 4.78 is 0. The Morgan fingerprint density at radius 2 is 2.31 bits per heavy atom. The first-order valence-corrected chi connectivity index (χ1v) is 5.79. The number of hydrogen-bond acceptors (Lipinski definition) is 4. The third-order valence-corrected chi connectivity index (χ3v) is 2.67. The van der Waals surface area contributed by atoms with Crippen LogP contribution in [0.1, 0.15) is 23.5 Å². The second kappa shape index (κ2) is 6.24. The Bertz CT molecular complexity index is 351. The summed E-state index contributed by atoms with van der Waals surface area (Å²) in [5, 5.41) is 4.38. The summed E-state index contributed by atoms with van der Waals surface area (Å²) in [5.74, 6) is -0.624. The first kappa shape index (κ1) is 12.7. The molecule has 0 fully saturated rings. The lowest BCUT2D eigenvalue weighted by Crippen LogP contribution is -2.44. The predicted molar refractivity (Wildman–Crippen MR) is 61.0 cm³/mol. The van der Waals surface area contributed by atoms with Crippen LogP contribution in [0.25, 0.3) is 0 Å². The topological polar surface area (TPSA) is 67.4 Å². The van der Waals surface area contributed by atoms with E-state index in [0.717, 1.165) is 0 Å². The summed E-state index contributed by atoms with van der Waals surface area (Å²) in [7, 11) is 0. The Labute approximate surface area is 97.8 Å². The fourth-order valence-electron chi connectivity index (χ4n) is 0.973. The van der Waals surface area contributed by atoms with E-state index in [1.54, 1.807) is 31.4 Å². The molecule has 0 aromatic carbocycles. The van der Waals surface area contributed by atoms with Crippen LogP contribution in [0.4, 0.5) is 0 Å². The third-order valence-electron chi connectivity index (χ3n) is 1.80. The van der Waals surface area contributed by atoms with Gasteiger partial charge >= 0.3 is 0 Å². The summed E-state index contributed by atoms with van der Waals surface area (Å²) in [6.45, 7) is 3.74. The first-order chi connectivity index (χ1) is 7.65. The van der Waals surface area contributed by atoms with Gasteiger partial charge in [0.15, 0.2) is 0 Å². The number of carbonyl (C=O) groups excluding carboxylic acids is 2. The molecule has 16 heavy (non-hydrogen) atoms. The van der Waals surface area contributed by atoms with Crippen LogP contribution in [0.15, 0.2) is 17.5 Å². The molecule has 1 unspecified atom stereocenters. The molecule has 5 nitrogen and oxygen atoms in total. The van der Waals surface area contributed by atoms with Gasteiger partial charge in [-0.15, -0.1) is 11.3 Å². The zero-order chi connectivity index (χ0) is 12.0. The SMILES string of the molecule is CCONC(=O)C(C)NC(=O)c1cccs1. The minimum atomic E-state index is -0.624. The van der Waals surface area contributed by atoms with Gasteiger partial charge in [-0.05, 0) is 25.3 Å². The smallest absolute Gasteiger partial charge is 0.265 e. The van der Waals surface area contributed by atoms with E-state index in [0.29, 0.717) is 11.5 Å². The maximum Gasteiger partial charge on any atom is 0.265 e. The first-order valence-electron chi connectivity index (χ1n) is 4.91. The van der Waals surface area contributed by atoms with E-state index >= 15 is 0 Å². The highest BCUT2D eigenvalue weighted by Crippen LogP contribution is 2.07. The van der Waals surface area contributed by atoms with E-state index in [-0.39, 0.29) is 11.8 Å². The zero-order valence-electron chi connectivity index (χ0n) is 9.15. The molecule has 0 bridgehead atoms. The molecule has 0 aliphatic rings. The minimum Gasteiger partial charge on any atom is -0.340 e. The molecule has 2 amide bonds. The maximum absolute atomic E-state index is 11.6. The van der Waals surface area contributed by atoms with Gasteiger partial charge in [0.25, 0.3) is 11.8 Å². The summed E-state index contributed by atoms with van der Waals surface area (Å²) in [4.78, 5) is 28.3. The fraction of sp³-hybridized carbons (Fsp3) is 0.400. The molecule has 0 saturated heterocycles. The van der Waals surface area contributed by atoms with Gasteiger partial charge in [0.2, 0.25) is 0 Å². The van der Waals surface area contributed by atoms with Crippen molar-refractivity contribution in [2.24, 2.45) is 0 Å².